The van der Waals surface area contributed by atoms with E-state index < -0.39 is 0 Å². The van der Waals surface area contributed by atoms with Crippen LogP contribution in [0, 0.1) is 13.8 Å². The minimum atomic E-state index is -0.218. The van der Waals surface area contributed by atoms with Gasteiger partial charge >= 0.3 is 0 Å². The van der Waals surface area contributed by atoms with Crippen molar-refractivity contribution in [3.05, 3.63) is 72.1 Å². The van der Waals surface area contributed by atoms with Crippen molar-refractivity contribution >= 4 is 23.4 Å². The fourth-order valence-corrected chi connectivity index (χ4v) is 3.82. The number of nitrogens with one attached hydrogen (secondary N) is 1. The van der Waals surface area contributed by atoms with E-state index in [2.05, 4.69) is 21.4 Å². The average Bonchev–Trinajstić information content (AvgIpc) is 2.66. The fourth-order valence-electron chi connectivity index (χ4n) is 2.91. The zero-order valence-electron chi connectivity index (χ0n) is 15.8. The first-order chi connectivity index (χ1) is 13.0. The first-order valence-corrected chi connectivity index (χ1v) is 9.86. The lowest BCUT2D eigenvalue weighted by Crippen LogP contribution is -2.24. The lowest BCUT2D eigenvalue weighted by atomic mass is 10.1. The van der Waals surface area contributed by atoms with E-state index in [4.69, 9.17) is 0 Å². The molecule has 2 aromatic carbocycles. The highest BCUT2D eigenvalue weighted by Crippen LogP contribution is 2.27. The molecule has 1 N–H and O–H groups in total. The van der Waals surface area contributed by atoms with Gasteiger partial charge in [-0.2, -0.15) is 0 Å². The second-order valence-electron chi connectivity index (χ2n) is 6.49. The van der Waals surface area contributed by atoms with Gasteiger partial charge in [-0.15, -0.1) is 0 Å². The van der Waals surface area contributed by atoms with Crippen LogP contribution in [0.3, 0.4) is 0 Å². The van der Waals surface area contributed by atoms with Crippen LogP contribution >= 0.6 is 11.8 Å². The van der Waals surface area contributed by atoms with E-state index in [-0.39, 0.29) is 11.2 Å². The quantitative estimate of drug-likeness (QED) is 0.470. The second kappa shape index (κ2) is 8.82. The fraction of sp³-hybridized carbons (Fsp3) is 0.227. The van der Waals surface area contributed by atoms with Gasteiger partial charge in [0.05, 0.1) is 10.9 Å². The lowest BCUT2D eigenvalue weighted by Gasteiger charge is -2.15. The number of nitrogens with zero attached hydrogens (tertiary/aromatic N) is 2. The number of benzene rings is 2. The molecule has 0 spiro atoms. The molecule has 1 heterocycles. The van der Waals surface area contributed by atoms with Crippen LogP contribution in [0.25, 0.3) is 11.3 Å². The Morgan fingerprint density at radius 3 is 2.41 bits per heavy atom. The normalized spacial score (nSPS) is 11.8. The topological polar surface area (TPSA) is 54.9 Å². The summed E-state index contributed by atoms with van der Waals surface area (Å²) >= 11 is 1.47. The molecule has 5 heteroatoms. The average molecular weight is 378 g/mol. The first kappa shape index (κ1) is 19.1. The van der Waals surface area contributed by atoms with Gasteiger partial charge < -0.3 is 5.32 Å². The predicted octanol–water partition coefficient (Wildman–Crippen LogP) is 5.27. The third-order valence-electron chi connectivity index (χ3n) is 4.13. The number of thioether (sulfide) groups is 1. The molecule has 0 aliphatic heterocycles. The molecule has 0 fully saturated rings. The standard InChI is InChI=1S/C22H23N3OS/c1-4-20(22(26)25-18-11-15(2)10-16(3)12-18)27-21-13-19(23-14-24-21)17-8-6-5-7-9-17/h5-14,20H,4H2,1-3H3,(H,25,26). The molecule has 0 radical (unpaired) electrons. The molecular formula is C22H23N3OS. The summed E-state index contributed by atoms with van der Waals surface area (Å²) in [5.41, 5.74) is 5.00. The van der Waals surface area contributed by atoms with E-state index in [1.165, 1.54) is 11.8 Å². The summed E-state index contributed by atoms with van der Waals surface area (Å²) in [6, 6.07) is 18.0. The van der Waals surface area contributed by atoms with Gasteiger partial charge in [0.25, 0.3) is 0 Å². The van der Waals surface area contributed by atoms with Crippen LogP contribution in [0.4, 0.5) is 5.69 Å². The molecule has 0 saturated carbocycles. The number of carbonyl (C=O) groups excluding carboxylic acids is 1. The van der Waals surface area contributed by atoms with Crippen LogP contribution in [0.1, 0.15) is 24.5 Å². The van der Waals surface area contributed by atoms with Crippen molar-refractivity contribution < 1.29 is 4.79 Å². The predicted molar refractivity (Wildman–Crippen MR) is 112 cm³/mol. The Bertz CT molecular complexity index is 908. The van der Waals surface area contributed by atoms with E-state index in [0.717, 1.165) is 33.1 Å². The smallest absolute Gasteiger partial charge is 0.237 e. The van der Waals surface area contributed by atoms with Crippen LogP contribution in [0.15, 0.2) is 66.0 Å². The lowest BCUT2D eigenvalue weighted by molar-refractivity contribution is -0.115. The molecule has 138 valence electrons. The van der Waals surface area contributed by atoms with Gasteiger partial charge in [0, 0.05) is 11.3 Å². The maximum absolute atomic E-state index is 12.8. The van der Waals surface area contributed by atoms with Crippen molar-refractivity contribution in [1.29, 1.82) is 0 Å². The van der Waals surface area contributed by atoms with Gasteiger partial charge in [0.1, 0.15) is 11.4 Å². The molecule has 0 aliphatic rings. The number of carbonyl (C=O) groups is 1. The summed E-state index contributed by atoms with van der Waals surface area (Å²) in [7, 11) is 0. The highest BCUT2D eigenvalue weighted by molar-refractivity contribution is 8.00. The van der Waals surface area contributed by atoms with Crippen molar-refractivity contribution in [3.8, 4) is 11.3 Å². The van der Waals surface area contributed by atoms with E-state index in [9.17, 15) is 4.79 Å². The Kier molecular flexibility index (Phi) is 6.24. The molecule has 4 nitrogen and oxygen atoms in total. The monoisotopic (exact) mass is 377 g/mol. The molecule has 0 bridgehead atoms. The van der Waals surface area contributed by atoms with E-state index >= 15 is 0 Å². The zero-order valence-corrected chi connectivity index (χ0v) is 16.6. The highest BCUT2D eigenvalue weighted by Gasteiger charge is 2.19. The van der Waals surface area contributed by atoms with Gasteiger partial charge in [-0.25, -0.2) is 9.97 Å². The minimum absolute atomic E-state index is 0.00706. The summed E-state index contributed by atoms with van der Waals surface area (Å²) in [6.07, 6.45) is 2.27. The Morgan fingerprint density at radius 1 is 1.04 bits per heavy atom. The van der Waals surface area contributed by atoms with Crippen molar-refractivity contribution in [3.63, 3.8) is 0 Å². The Balaban J connectivity index is 1.74. The number of amides is 1. The molecule has 1 atom stereocenters. The number of aromatic nitrogens is 2. The Hall–Kier alpha value is -2.66. The Labute approximate surface area is 164 Å². The maximum atomic E-state index is 12.8. The number of anilines is 1. The number of rotatable bonds is 6. The third kappa shape index (κ3) is 5.17. The van der Waals surface area contributed by atoms with Crippen molar-refractivity contribution in [2.24, 2.45) is 0 Å². The van der Waals surface area contributed by atoms with Crippen LogP contribution in [0.5, 0.6) is 0 Å². The van der Waals surface area contributed by atoms with Crippen molar-refractivity contribution in [2.45, 2.75) is 37.5 Å². The largest absolute Gasteiger partial charge is 0.325 e. The number of hydrogen-bond acceptors (Lipinski definition) is 4. The van der Waals surface area contributed by atoms with Gasteiger partial charge in [-0.05, 0) is 49.6 Å². The molecule has 27 heavy (non-hydrogen) atoms. The molecule has 0 saturated heterocycles. The van der Waals surface area contributed by atoms with Gasteiger partial charge in [0.15, 0.2) is 0 Å². The van der Waals surface area contributed by atoms with Gasteiger partial charge in [-0.1, -0.05) is 55.1 Å². The molecular weight excluding hydrogens is 354 g/mol. The maximum Gasteiger partial charge on any atom is 0.237 e. The van der Waals surface area contributed by atoms with Crippen LogP contribution in [-0.4, -0.2) is 21.1 Å². The second-order valence-corrected chi connectivity index (χ2v) is 7.71. The summed E-state index contributed by atoms with van der Waals surface area (Å²) in [6.45, 7) is 6.07. The summed E-state index contributed by atoms with van der Waals surface area (Å²) in [4.78, 5) is 21.4. The summed E-state index contributed by atoms with van der Waals surface area (Å²) in [5, 5.41) is 3.62. The minimum Gasteiger partial charge on any atom is -0.325 e. The van der Waals surface area contributed by atoms with Crippen molar-refractivity contribution in [2.75, 3.05) is 5.32 Å². The molecule has 1 aromatic heterocycles. The van der Waals surface area contributed by atoms with Gasteiger partial charge in [-0.3, -0.25) is 4.79 Å². The number of hydrogen-bond donors (Lipinski definition) is 1. The third-order valence-corrected chi connectivity index (χ3v) is 5.42. The number of aryl methyl sites for hydroxylation is 2. The van der Waals surface area contributed by atoms with Crippen LogP contribution in [0.2, 0.25) is 0 Å². The molecule has 1 amide bonds. The SMILES string of the molecule is CCC(Sc1cc(-c2ccccc2)ncn1)C(=O)Nc1cc(C)cc(C)c1. The highest BCUT2D eigenvalue weighted by atomic mass is 32.2. The van der Waals surface area contributed by atoms with E-state index in [1.54, 1.807) is 6.33 Å². The van der Waals surface area contributed by atoms with Crippen LogP contribution in [-0.2, 0) is 4.79 Å². The molecule has 3 rings (SSSR count). The van der Waals surface area contributed by atoms with Gasteiger partial charge in [0.2, 0.25) is 5.91 Å². The first-order valence-electron chi connectivity index (χ1n) is 8.98. The Morgan fingerprint density at radius 2 is 1.74 bits per heavy atom. The van der Waals surface area contributed by atoms with E-state index in [1.807, 2.05) is 69.3 Å². The summed E-state index contributed by atoms with van der Waals surface area (Å²) < 4.78 is 0. The molecule has 3 aromatic rings. The van der Waals surface area contributed by atoms with E-state index in [0.29, 0.717) is 6.42 Å². The molecule has 0 aliphatic carbocycles. The summed E-state index contributed by atoms with van der Waals surface area (Å²) in [5.74, 6) is -0.00706. The van der Waals surface area contributed by atoms with Crippen LogP contribution < -0.4 is 5.32 Å². The van der Waals surface area contributed by atoms with Crippen molar-refractivity contribution in [1.82, 2.24) is 9.97 Å². The molecule has 1 unspecified atom stereocenters. The zero-order chi connectivity index (χ0) is 19.2.